The van der Waals surface area contributed by atoms with E-state index in [1.165, 1.54) is 12.1 Å². The molecule has 0 radical (unpaired) electrons. The minimum atomic E-state index is -0.866. The van der Waals surface area contributed by atoms with E-state index >= 15 is 0 Å². The van der Waals surface area contributed by atoms with Gasteiger partial charge < -0.3 is 9.97 Å². The summed E-state index contributed by atoms with van der Waals surface area (Å²) in [6.45, 7) is 0. The van der Waals surface area contributed by atoms with Crippen molar-refractivity contribution in [2.24, 2.45) is 9.98 Å². The Balaban J connectivity index is 1.37. The molecule has 0 fully saturated rings. The first-order chi connectivity index (χ1) is 17.4. The number of aromatic nitrogens is 3. The summed E-state index contributed by atoms with van der Waals surface area (Å²) in [5, 5.41) is 20.9. The van der Waals surface area contributed by atoms with E-state index in [-0.39, 0.29) is 11.5 Å². The normalized spacial score (nSPS) is 11.6. The molecule has 5 rings (SSSR count). The summed E-state index contributed by atoms with van der Waals surface area (Å²) in [5.41, 5.74) is 4.04. The van der Waals surface area contributed by atoms with Gasteiger partial charge in [0.2, 0.25) is 0 Å². The highest BCUT2D eigenvalue weighted by Crippen LogP contribution is 2.26. The molecular formula is C23H15N7O6. The van der Waals surface area contributed by atoms with Crippen LogP contribution in [0.4, 0.5) is 11.4 Å². The topological polar surface area (TPSA) is 174 Å². The summed E-state index contributed by atoms with van der Waals surface area (Å²) in [5.74, 6) is 0.211. The average Bonchev–Trinajstić information content (AvgIpc) is 3.44. The quantitative estimate of drug-likeness (QED) is 0.182. The third kappa shape index (κ3) is 4.84. The Bertz CT molecular complexity index is 1550. The van der Waals surface area contributed by atoms with Crippen LogP contribution in [-0.2, 0) is 0 Å². The Morgan fingerprint density at radius 3 is 1.67 bits per heavy atom. The molecule has 2 aromatic carbocycles. The van der Waals surface area contributed by atoms with Crippen LogP contribution in [0.25, 0.3) is 21.8 Å². The van der Waals surface area contributed by atoms with Gasteiger partial charge in [-0.1, -0.05) is 0 Å². The first-order valence-electron chi connectivity index (χ1n) is 10.3. The highest BCUT2D eigenvalue weighted by molar-refractivity contribution is 6.01. The SMILES string of the molecule is O=[N+]([O-])Oc1ccc2[nH]cc(C=Nc3cncc(N=Cc4c[nH]c5ccc(O[N+](=O)[O-])cc45)c3)c2c1. The summed E-state index contributed by atoms with van der Waals surface area (Å²) in [6, 6.07) is 11.2. The van der Waals surface area contributed by atoms with Crippen LogP contribution in [0.15, 0.2) is 77.2 Å². The highest BCUT2D eigenvalue weighted by atomic mass is 17.0. The maximum atomic E-state index is 10.6. The van der Waals surface area contributed by atoms with Crippen molar-refractivity contribution in [2.45, 2.75) is 0 Å². The van der Waals surface area contributed by atoms with Gasteiger partial charge in [0.05, 0.1) is 23.8 Å². The standard InChI is InChI=1S/C23H15N7O6/c31-29(32)35-18-1-3-22-20(6-18)14(10-27-22)8-25-16-5-17(13-24-12-16)26-9-15-11-28-23-4-2-19(7-21(15)23)36-30(33)34/h1-13,27-28H. The van der Waals surface area contributed by atoms with E-state index in [1.807, 2.05) is 0 Å². The zero-order chi connectivity index (χ0) is 25.1. The summed E-state index contributed by atoms with van der Waals surface area (Å²) < 4.78 is 0. The van der Waals surface area contributed by atoms with Crippen molar-refractivity contribution in [2.75, 3.05) is 0 Å². The lowest BCUT2D eigenvalue weighted by atomic mass is 10.2. The third-order valence-electron chi connectivity index (χ3n) is 5.15. The molecule has 0 unspecified atom stereocenters. The van der Waals surface area contributed by atoms with E-state index in [0.29, 0.717) is 33.3 Å². The van der Waals surface area contributed by atoms with Gasteiger partial charge in [0.15, 0.2) is 0 Å². The number of H-pyrrole nitrogens is 2. The van der Waals surface area contributed by atoms with E-state index in [2.05, 4.69) is 34.6 Å². The molecule has 2 N–H and O–H groups in total. The molecule has 36 heavy (non-hydrogen) atoms. The molecular weight excluding hydrogens is 470 g/mol. The second-order valence-corrected chi connectivity index (χ2v) is 7.45. The molecule has 0 saturated heterocycles. The molecule has 13 heteroatoms. The number of aromatic amines is 2. The van der Waals surface area contributed by atoms with Crippen molar-refractivity contribution in [3.63, 3.8) is 0 Å². The molecule has 0 aliphatic carbocycles. The Morgan fingerprint density at radius 2 is 1.22 bits per heavy atom. The Hall–Kier alpha value is -5.59. The zero-order valence-electron chi connectivity index (χ0n) is 18.2. The molecule has 178 valence electrons. The molecule has 0 atom stereocenters. The number of nitrogens with one attached hydrogen (secondary N) is 2. The van der Waals surface area contributed by atoms with Gasteiger partial charge in [-0.2, -0.15) is 0 Å². The fourth-order valence-corrected chi connectivity index (χ4v) is 3.59. The van der Waals surface area contributed by atoms with Crippen LogP contribution in [0.5, 0.6) is 11.5 Å². The van der Waals surface area contributed by atoms with Gasteiger partial charge >= 0.3 is 0 Å². The van der Waals surface area contributed by atoms with Crippen LogP contribution in [0, 0.1) is 20.2 Å². The van der Waals surface area contributed by atoms with E-state index in [0.717, 1.165) is 11.0 Å². The van der Waals surface area contributed by atoms with Gasteiger partial charge in [-0.25, -0.2) is 0 Å². The van der Waals surface area contributed by atoms with E-state index in [9.17, 15) is 20.2 Å². The van der Waals surface area contributed by atoms with Crippen LogP contribution in [0.3, 0.4) is 0 Å². The van der Waals surface area contributed by atoms with Crippen molar-refractivity contribution in [1.82, 2.24) is 15.0 Å². The van der Waals surface area contributed by atoms with Crippen molar-refractivity contribution < 1.29 is 19.8 Å². The number of hydrogen-bond donors (Lipinski definition) is 2. The number of hydrogen-bond acceptors (Lipinski definition) is 9. The molecule has 3 heterocycles. The van der Waals surface area contributed by atoms with Gasteiger partial charge in [0.25, 0.3) is 10.2 Å². The van der Waals surface area contributed by atoms with E-state index < -0.39 is 10.2 Å². The maximum absolute atomic E-state index is 10.6. The molecule has 0 bridgehead atoms. The Labute approximate surface area is 201 Å². The number of fused-ring (bicyclic) bond motifs is 2. The number of aliphatic imine (C=N–C) groups is 2. The smallest absolute Gasteiger partial charge is 0.299 e. The van der Waals surface area contributed by atoms with Crippen LogP contribution >= 0.6 is 0 Å². The molecule has 13 nitrogen and oxygen atoms in total. The zero-order valence-corrected chi connectivity index (χ0v) is 18.2. The van der Waals surface area contributed by atoms with Crippen LogP contribution < -0.4 is 9.68 Å². The van der Waals surface area contributed by atoms with Gasteiger partial charge in [-0.3, -0.25) is 24.6 Å². The van der Waals surface area contributed by atoms with Crippen molar-refractivity contribution >= 4 is 45.6 Å². The monoisotopic (exact) mass is 485 g/mol. The highest BCUT2D eigenvalue weighted by Gasteiger charge is 2.07. The average molecular weight is 485 g/mol. The molecule has 0 spiro atoms. The largest absolute Gasteiger partial charge is 0.361 e. The summed E-state index contributed by atoms with van der Waals surface area (Å²) in [7, 11) is 0. The Morgan fingerprint density at radius 1 is 0.750 bits per heavy atom. The van der Waals surface area contributed by atoms with Gasteiger partial charge in [0, 0.05) is 57.8 Å². The molecule has 0 amide bonds. The third-order valence-corrected chi connectivity index (χ3v) is 5.15. The predicted molar refractivity (Wildman–Crippen MR) is 131 cm³/mol. The summed E-state index contributed by atoms with van der Waals surface area (Å²) in [6.07, 6.45) is 9.81. The van der Waals surface area contributed by atoms with E-state index in [1.54, 1.807) is 67.5 Å². The molecule has 0 aliphatic heterocycles. The van der Waals surface area contributed by atoms with Crippen molar-refractivity contribution in [3.8, 4) is 11.5 Å². The summed E-state index contributed by atoms with van der Waals surface area (Å²) >= 11 is 0. The van der Waals surface area contributed by atoms with Crippen LogP contribution in [-0.4, -0.2) is 37.6 Å². The molecule has 5 aromatic rings. The summed E-state index contributed by atoms with van der Waals surface area (Å²) in [4.78, 5) is 49.5. The maximum Gasteiger partial charge on any atom is 0.299 e. The van der Waals surface area contributed by atoms with E-state index in [4.69, 9.17) is 0 Å². The second-order valence-electron chi connectivity index (χ2n) is 7.45. The minimum absolute atomic E-state index is 0.106. The van der Waals surface area contributed by atoms with Gasteiger partial charge in [-0.05, 0) is 42.5 Å². The molecule has 3 aromatic heterocycles. The number of nitrogens with zero attached hydrogens (tertiary/aromatic N) is 5. The first kappa shape index (κ1) is 22.2. The molecule has 0 saturated carbocycles. The van der Waals surface area contributed by atoms with Gasteiger partial charge in [-0.15, -0.1) is 20.2 Å². The lowest BCUT2D eigenvalue weighted by molar-refractivity contribution is -0.711. The lowest BCUT2D eigenvalue weighted by Crippen LogP contribution is -2.03. The first-order valence-corrected chi connectivity index (χ1v) is 10.3. The Kier molecular flexibility index (Phi) is 5.76. The lowest BCUT2D eigenvalue weighted by Gasteiger charge is -1.99. The molecule has 0 aliphatic rings. The minimum Gasteiger partial charge on any atom is -0.361 e. The predicted octanol–water partition coefficient (Wildman–Crippen LogP) is 4.69. The van der Waals surface area contributed by atoms with Crippen molar-refractivity contribution in [1.29, 1.82) is 0 Å². The number of rotatable bonds is 8. The second kappa shape index (κ2) is 9.34. The van der Waals surface area contributed by atoms with Crippen molar-refractivity contribution in [3.05, 3.63) is 98.6 Å². The number of pyridine rings is 1. The van der Waals surface area contributed by atoms with Gasteiger partial charge in [0.1, 0.15) is 11.5 Å². The fraction of sp³-hybridized carbons (Fsp3) is 0. The van der Waals surface area contributed by atoms with Crippen LogP contribution in [0.2, 0.25) is 0 Å². The fourth-order valence-electron chi connectivity index (χ4n) is 3.59. The van der Waals surface area contributed by atoms with Crippen LogP contribution in [0.1, 0.15) is 11.1 Å². The number of benzene rings is 2.